The molecule has 0 aliphatic carbocycles. The average molecular weight is 295 g/mol. The van der Waals surface area contributed by atoms with E-state index in [1.807, 2.05) is 0 Å². The standard InChI is InChI=1S/C14H13N7O/c1-17-14-11(13(16)19-7-20-14)12(15)8-2-3-21-9(6-22)5-18-10(21)4-8/h2-7,15H,1H3,(H3,16,17,19,20). The van der Waals surface area contributed by atoms with E-state index in [0.717, 1.165) is 6.29 Å². The van der Waals surface area contributed by atoms with E-state index in [0.29, 0.717) is 28.3 Å². The Morgan fingerprint density at radius 3 is 2.95 bits per heavy atom. The topological polar surface area (TPSA) is 122 Å². The summed E-state index contributed by atoms with van der Waals surface area (Å²) in [5.74, 6) is 0.704. The summed E-state index contributed by atoms with van der Waals surface area (Å²) in [4.78, 5) is 23.1. The van der Waals surface area contributed by atoms with Crippen LogP contribution in [0.1, 0.15) is 21.6 Å². The second-order valence-electron chi connectivity index (χ2n) is 4.55. The van der Waals surface area contributed by atoms with Crippen molar-refractivity contribution in [3.63, 3.8) is 0 Å². The smallest absolute Gasteiger partial charge is 0.168 e. The van der Waals surface area contributed by atoms with Gasteiger partial charge in [0.1, 0.15) is 29.3 Å². The monoisotopic (exact) mass is 295 g/mol. The Labute approximate surface area is 125 Å². The van der Waals surface area contributed by atoms with Gasteiger partial charge in [-0.25, -0.2) is 15.0 Å². The van der Waals surface area contributed by atoms with E-state index in [-0.39, 0.29) is 11.5 Å². The largest absolute Gasteiger partial charge is 0.383 e. The van der Waals surface area contributed by atoms with Crippen LogP contribution in [0.5, 0.6) is 0 Å². The highest BCUT2D eigenvalue weighted by molar-refractivity contribution is 6.16. The molecule has 4 N–H and O–H groups in total. The molecule has 22 heavy (non-hydrogen) atoms. The fourth-order valence-corrected chi connectivity index (χ4v) is 2.22. The number of hydrogen-bond acceptors (Lipinski definition) is 7. The quantitative estimate of drug-likeness (QED) is 0.487. The molecule has 3 aromatic heterocycles. The van der Waals surface area contributed by atoms with Gasteiger partial charge in [0.05, 0.1) is 17.5 Å². The van der Waals surface area contributed by atoms with Crippen LogP contribution >= 0.6 is 0 Å². The second kappa shape index (κ2) is 5.24. The number of anilines is 2. The zero-order chi connectivity index (χ0) is 15.7. The normalized spacial score (nSPS) is 10.6. The summed E-state index contributed by atoms with van der Waals surface area (Å²) in [6, 6.07) is 3.43. The average Bonchev–Trinajstić information content (AvgIpc) is 2.96. The van der Waals surface area contributed by atoms with Gasteiger partial charge in [-0.15, -0.1) is 0 Å². The lowest BCUT2D eigenvalue weighted by molar-refractivity contribution is 0.111. The van der Waals surface area contributed by atoms with Crippen LogP contribution in [-0.2, 0) is 0 Å². The lowest BCUT2D eigenvalue weighted by atomic mass is 10.0. The minimum atomic E-state index is 0.181. The van der Waals surface area contributed by atoms with E-state index in [2.05, 4.69) is 20.3 Å². The molecule has 3 aromatic rings. The number of aldehydes is 1. The van der Waals surface area contributed by atoms with E-state index >= 15 is 0 Å². The van der Waals surface area contributed by atoms with Crippen molar-refractivity contribution in [1.82, 2.24) is 19.4 Å². The molecule has 8 heteroatoms. The van der Waals surface area contributed by atoms with Crippen molar-refractivity contribution >= 4 is 29.3 Å². The van der Waals surface area contributed by atoms with Crippen molar-refractivity contribution in [2.24, 2.45) is 0 Å². The van der Waals surface area contributed by atoms with Crippen LogP contribution in [0.15, 0.2) is 30.9 Å². The Morgan fingerprint density at radius 2 is 2.23 bits per heavy atom. The molecular formula is C14H13N7O. The molecule has 0 saturated carbocycles. The molecule has 0 fully saturated rings. The van der Waals surface area contributed by atoms with Gasteiger partial charge in [0.25, 0.3) is 0 Å². The summed E-state index contributed by atoms with van der Waals surface area (Å²) >= 11 is 0. The first-order chi connectivity index (χ1) is 10.7. The summed E-state index contributed by atoms with van der Waals surface area (Å²) in [7, 11) is 1.70. The first-order valence-corrected chi connectivity index (χ1v) is 6.45. The van der Waals surface area contributed by atoms with Crippen molar-refractivity contribution in [2.75, 3.05) is 18.1 Å². The van der Waals surface area contributed by atoms with E-state index in [1.165, 1.54) is 12.5 Å². The van der Waals surface area contributed by atoms with Gasteiger partial charge in [0, 0.05) is 18.8 Å². The molecular weight excluding hydrogens is 282 g/mol. The Balaban J connectivity index is 2.11. The molecule has 0 saturated heterocycles. The molecule has 3 heterocycles. The lowest BCUT2D eigenvalue weighted by Gasteiger charge is -2.11. The van der Waals surface area contributed by atoms with E-state index in [4.69, 9.17) is 11.1 Å². The van der Waals surface area contributed by atoms with E-state index in [9.17, 15) is 4.79 Å². The fourth-order valence-electron chi connectivity index (χ4n) is 2.22. The Morgan fingerprint density at radius 1 is 1.41 bits per heavy atom. The molecule has 0 unspecified atom stereocenters. The predicted octanol–water partition coefficient (Wildman–Crippen LogP) is 0.977. The van der Waals surface area contributed by atoms with Crippen LogP contribution in [0.4, 0.5) is 11.6 Å². The molecule has 0 aliphatic rings. The van der Waals surface area contributed by atoms with Crippen LogP contribution in [0.25, 0.3) is 5.65 Å². The van der Waals surface area contributed by atoms with E-state index in [1.54, 1.807) is 29.8 Å². The molecule has 0 spiro atoms. The number of carbonyl (C=O) groups excluding carboxylic acids is 1. The van der Waals surface area contributed by atoms with Gasteiger partial charge in [-0.1, -0.05) is 0 Å². The van der Waals surface area contributed by atoms with E-state index < -0.39 is 0 Å². The maximum atomic E-state index is 10.9. The third kappa shape index (κ3) is 2.06. The first-order valence-electron chi connectivity index (χ1n) is 6.45. The highest BCUT2D eigenvalue weighted by atomic mass is 16.1. The predicted molar refractivity (Wildman–Crippen MR) is 82.5 cm³/mol. The maximum absolute atomic E-state index is 10.9. The van der Waals surface area contributed by atoms with Gasteiger partial charge in [0.2, 0.25) is 0 Å². The third-order valence-electron chi connectivity index (χ3n) is 3.31. The number of imidazole rings is 1. The summed E-state index contributed by atoms with van der Waals surface area (Å²) in [6.45, 7) is 0. The highest BCUT2D eigenvalue weighted by Gasteiger charge is 2.16. The van der Waals surface area contributed by atoms with Gasteiger partial charge in [-0.2, -0.15) is 0 Å². The third-order valence-corrected chi connectivity index (χ3v) is 3.31. The molecule has 0 aliphatic heterocycles. The number of hydrogen-bond donors (Lipinski definition) is 3. The Kier molecular flexibility index (Phi) is 3.26. The minimum absolute atomic E-state index is 0.181. The molecule has 0 radical (unpaired) electrons. The molecule has 0 aromatic carbocycles. The van der Waals surface area contributed by atoms with Gasteiger partial charge in [-0.05, 0) is 12.1 Å². The maximum Gasteiger partial charge on any atom is 0.168 e. The second-order valence-corrected chi connectivity index (χ2v) is 4.55. The SMILES string of the molecule is CNc1ncnc(N)c1C(=N)c1ccn2c(C=O)cnc2c1. The van der Waals surface area contributed by atoms with Crippen molar-refractivity contribution < 1.29 is 4.79 Å². The van der Waals surface area contributed by atoms with Crippen molar-refractivity contribution in [3.05, 3.63) is 47.7 Å². The number of nitrogens with two attached hydrogens (primary N) is 1. The zero-order valence-electron chi connectivity index (χ0n) is 11.7. The Bertz CT molecular complexity index is 884. The van der Waals surface area contributed by atoms with Gasteiger partial charge >= 0.3 is 0 Å². The first kappa shape index (κ1) is 13.7. The van der Waals surface area contributed by atoms with Crippen LogP contribution in [0, 0.1) is 5.41 Å². The molecule has 3 rings (SSSR count). The zero-order valence-corrected chi connectivity index (χ0v) is 11.7. The number of rotatable bonds is 4. The number of pyridine rings is 1. The van der Waals surface area contributed by atoms with Gasteiger partial charge in [0.15, 0.2) is 6.29 Å². The summed E-state index contributed by atoms with van der Waals surface area (Å²) in [6.07, 6.45) is 5.24. The summed E-state index contributed by atoms with van der Waals surface area (Å²) in [5.41, 5.74) is 8.11. The summed E-state index contributed by atoms with van der Waals surface area (Å²) < 4.78 is 1.65. The molecule has 8 nitrogen and oxygen atoms in total. The fraction of sp³-hybridized carbons (Fsp3) is 0.0714. The minimum Gasteiger partial charge on any atom is -0.383 e. The highest BCUT2D eigenvalue weighted by Crippen LogP contribution is 2.21. The molecule has 110 valence electrons. The number of carbonyl (C=O) groups is 1. The molecule has 0 bridgehead atoms. The number of aromatic nitrogens is 4. The number of nitrogens with one attached hydrogen (secondary N) is 2. The number of nitrogen functional groups attached to an aromatic ring is 1. The molecule has 0 amide bonds. The number of fused-ring (bicyclic) bond motifs is 1. The van der Waals surface area contributed by atoms with Gasteiger partial charge < -0.3 is 11.1 Å². The van der Waals surface area contributed by atoms with Crippen LogP contribution < -0.4 is 11.1 Å². The molecule has 0 atom stereocenters. The van der Waals surface area contributed by atoms with Crippen LogP contribution in [0.2, 0.25) is 0 Å². The van der Waals surface area contributed by atoms with Crippen molar-refractivity contribution in [1.29, 1.82) is 5.41 Å². The van der Waals surface area contributed by atoms with Crippen molar-refractivity contribution in [2.45, 2.75) is 0 Å². The van der Waals surface area contributed by atoms with Gasteiger partial charge in [-0.3, -0.25) is 14.6 Å². The Hall–Kier alpha value is -3.29. The van der Waals surface area contributed by atoms with Crippen LogP contribution in [-0.4, -0.2) is 38.4 Å². The van der Waals surface area contributed by atoms with Crippen LogP contribution in [0.3, 0.4) is 0 Å². The summed E-state index contributed by atoms with van der Waals surface area (Å²) in [5, 5.41) is 11.3. The number of nitrogens with zero attached hydrogens (tertiary/aromatic N) is 4. The van der Waals surface area contributed by atoms with Crippen molar-refractivity contribution in [3.8, 4) is 0 Å². The lowest BCUT2D eigenvalue weighted by Crippen LogP contribution is -2.12.